The van der Waals surface area contributed by atoms with Crippen LogP contribution >= 0.6 is 0 Å². The first kappa shape index (κ1) is 39.6. The fourth-order valence-corrected chi connectivity index (χ4v) is 5.77. The number of carboxylic acids is 2. The monoisotopic (exact) mass is 690 g/mol. The zero-order valence-corrected chi connectivity index (χ0v) is 28.3. The number of benzene rings is 3. The van der Waals surface area contributed by atoms with Crippen molar-refractivity contribution in [2.45, 2.75) is 87.9 Å². The fraction of sp³-hybridized carbons (Fsp3) is 0.432. The lowest BCUT2D eigenvalue weighted by molar-refractivity contribution is -0.143. The molecule has 0 fully saturated rings. The molecule has 1 unspecified atom stereocenters. The molecule has 0 radical (unpaired) electrons. The number of fused-ring (bicyclic) bond motifs is 1. The number of hydrogen-bond acceptors (Lipinski definition) is 8. The first-order valence-corrected chi connectivity index (χ1v) is 17.0. The molecule has 11 N–H and O–H groups in total. The summed E-state index contributed by atoms with van der Waals surface area (Å²) < 4.78 is 0. The summed E-state index contributed by atoms with van der Waals surface area (Å²) in [5, 5.41) is 29.0. The van der Waals surface area contributed by atoms with Gasteiger partial charge in [0, 0.05) is 12.8 Å². The molecule has 4 atom stereocenters. The number of amides is 3. The summed E-state index contributed by atoms with van der Waals surface area (Å²) in [6.07, 6.45) is 2.08. The largest absolute Gasteiger partial charge is 0.481 e. The fourth-order valence-electron chi connectivity index (χ4n) is 5.77. The van der Waals surface area contributed by atoms with Gasteiger partial charge in [-0.3, -0.25) is 19.2 Å². The van der Waals surface area contributed by atoms with E-state index in [-0.39, 0.29) is 25.7 Å². The highest BCUT2D eigenvalue weighted by Crippen LogP contribution is 2.23. The van der Waals surface area contributed by atoms with Crippen LogP contribution in [0.5, 0.6) is 0 Å². The highest BCUT2D eigenvalue weighted by atomic mass is 16.4. The Hall–Kier alpha value is -4.85. The second-order valence-electron chi connectivity index (χ2n) is 12.7. The van der Waals surface area contributed by atoms with Crippen LogP contribution in [0.3, 0.4) is 0 Å². The predicted molar refractivity (Wildman–Crippen MR) is 191 cm³/mol. The topological polar surface area (TPSA) is 240 Å². The van der Waals surface area contributed by atoms with Gasteiger partial charge in [-0.25, -0.2) is 4.79 Å². The molecule has 0 bridgehead atoms. The van der Waals surface area contributed by atoms with Gasteiger partial charge in [0.25, 0.3) is 0 Å². The first-order valence-electron chi connectivity index (χ1n) is 17.0. The normalized spacial score (nSPS) is 14.1. The average molecular weight is 691 g/mol. The molecule has 0 aromatic heterocycles. The number of aliphatic carboxylic acids is 2. The third kappa shape index (κ3) is 12.6. The highest BCUT2D eigenvalue weighted by Gasteiger charge is 2.37. The van der Waals surface area contributed by atoms with Gasteiger partial charge in [0.05, 0.1) is 5.54 Å². The minimum atomic E-state index is -1.41. The SMILES string of the molecule is NCCCC[C@H](NC(=O)C(N)(CCCCN)Cc1ccc2ccccc2c1)C(=O)N[C@@H](CCC(=O)O)C(=O)N[C@@H](Cc1ccccc1)C(=O)O. The Morgan fingerprint density at radius 3 is 1.90 bits per heavy atom. The van der Waals surface area contributed by atoms with Crippen LogP contribution < -0.4 is 33.2 Å². The van der Waals surface area contributed by atoms with E-state index in [0.717, 1.165) is 16.3 Å². The van der Waals surface area contributed by atoms with Crippen LogP contribution in [0.1, 0.15) is 62.5 Å². The van der Waals surface area contributed by atoms with Gasteiger partial charge in [0.1, 0.15) is 18.1 Å². The van der Waals surface area contributed by atoms with E-state index in [4.69, 9.17) is 17.2 Å². The zero-order valence-electron chi connectivity index (χ0n) is 28.3. The first-order chi connectivity index (χ1) is 23.9. The van der Waals surface area contributed by atoms with Crippen molar-refractivity contribution in [2.75, 3.05) is 13.1 Å². The van der Waals surface area contributed by atoms with Gasteiger partial charge in [-0.15, -0.1) is 0 Å². The lowest BCUT2D eigenvalue weighted by Crippen LogP contribution is -2.61. The number of nitrogens with one attached hydrogen (secondary N) is 3. The number of carbonyl (C=O) groups excluding carboxylic acids is 3. The second-order valence-corrected chi connectivity index (χ2v) is 12.7. The molecule has 0 heterocycles. The molecule has 50 heavy (non-hydrogen) atoms. The van der Waals surface area contributed by atoms with Gasteiger partial charge in [-0.2, -0.15) is 0 Å². The smallest absolute Gasteiger partial charge is 0.326 e. The number of carboxylic acid groups (broad SMARTS) is 2. The Labute approximate surface area is 292 Å². The molecule has 0 spiro atoms. The number of nitrogens with two attached hydrogens (primary N) is 3. The maximum Gasteiger partial charge on any atom is 0.326 e. The van der Waals surface area contributed by atoms with Crippen molar-refractivity contribution >= 4 is 40.4 Å². The average Bonchev–Trinajstić information content (AvgIpc) is 3.09. The number of unbranched alkanes of at least 4 members (excludes halogenated alkanes) is 2. The van der Waals surface area contributed by atoms with Crippen molar-refractivity contribution < 1.29 is 34.2 Å². The van der Waals surface area contributed by atoms with Gasteiger partial charge < -0.3 is 43.4 Å². The van der Waals surface area contributed by atoms with E-state index < -0.39 is 59.7 Å². The lowest BCUT2D eigenvalue weighted by Gasteiger charge is -2.31. The number of hydrogen-bond donors (Lipinski definition) is 8. The van der Waals surface area contributed by atoms with E-state index in [2.05, 4.69) is 16.0 Å². The standard InChI is InChI=1S/C37H50N6O7/c38-20-8-6-14-29(43-36(50)37(40,19-7-9-21-39)24-26-15-16-27-12-4-5-13-28(27)22-26)33(46)41-30(17-18-32(44)45)34(47)42-31(35(48)49)23-25-10-2-1-3-11-25/h1-5,10-13,15-16,22,29-31H,6-9,14,17-21,23-24,38-40H2,(H,41,46)(H,42,47)(H,43,50)(H,44,45)(H,48,49)/t29-,30-,31-,37?/m0/s1. The minimum Gasteiger partial charge on any atom is -0.481 e. The molecule has 13 nitrogen and oxygen atoms in total. The third-order valence-corrected chi connectivity index (χ3v) is 8.61. The van der Waals surface area contributed by atoms with E-state index in [1.165, 1.54) is 0 Å². The zero-order chi connectivity index (χ0) is 36.5. The van der Waals surface area contributed by atoms with Crippen molar-refractivity contribution in [3.63, 3.8) is 0 Å². The second kappa shape index (κ2) is 20.0. The molecule has 0 saturated heterocycles. The van der Waals surface area contributed by atoms with Gasteiger partial charge in [0.15, 0.2) is 0 Å². The maximum atomic E-state index is 14.0. The molecule has 0 aliphatic heterocycles. The van der Waals surface area contributed by atoms with Gasteiger partial charge in [-0.1, -0.05) is 72.8 Å². The van der Waals surface area contributed by atoms with Crippen LogP contribution in [0, 0.1) is 0 Å². The molecule has 13 heteroatoms. The van der Waals surface area contributed by atoms with Crippen LogP contribution in [-0.4, -0.2) is 76.6 Å². The lowest BCUT2D eigenvalue weighted by atomic mass is 9.85. The summed E-state index contributed by atoms with van der Waals surface area (Å²) in [5.74, 6) is -4.65. The predicted octanol–water partition coefficient (Wildman–Crippen LogP) is 1.98. The van der Waals surface area contributed by atoms with Crippen molar-refractivity contribution in [2.24, 2.45) is 17.2 Å². The molecule has 270 valence electrons. The Morgan fingerprint density at radius 2 is 1.26 bits per heavy atom. The molecule has 3 amide bonds. The molecular formula is C37H50N6O7. The third-order valence-electron chi connectivity index (χ3n) is 8.61. The van der Waals surface area contributed by atoms with E-state index in [9.17, 15) is 34.2 Å². The Morgan fingerprint density at radius 1 is 0.660 bits per heavy atom. The van der Waals surface area contributed by atoms with Crippen LogP contribution in [-0.2, 0) is 36.8 Å². The molecule has 0 aliphatic rings. The van der Waals surface area contributed by atoms with Crippen molar-refractivity contribution in [3.05, 3.63) is 83.9 Å². The van der Waals surface area contributed by atoms with Crippen LogP contribution in [0.15, 0.2) is 72.8 Å². The van der Waals surface area contributed by atoms with E-state index >= 15 is 0 Å². The van der Waals surface area contributed by atoms with E-state index in [1.54, 1.807) is 30.3 Å². The van der Waals surface area contributed by atoms with Crippen molar-refractivity contribution in [3.8, 4) is 0 Å². The van der Waals surface area contributed by atoms with Gasteiger partial charge in [0.2, 0.25) is 17.7 Å². The van der Waals surface area contributed by atoms with Gasteiger partial charge >= 0.3 is 11.9 Å². The maximum absolute atomic E-state index is 14.0. The molecule has 0 aliphatic carbocycles. The summed E-state index contributed by atoms with van der Waals surface area (Å²) in [6, 6.07) is 18.5. The van der Waals surface area contributed by atoms with Gasteiger partial charge in [-0.05, 0) is 86.4 Å². The minimum absolute atomic E-state index is 0.0285. The van der Waals surface area contributed by atoms with E-state index in [0.29, 0.717) is 50.8 Å². The molecule has 0 saturated carbocycles. The van der Waals surface area contributed by atoms with Crippen molar-refractivity contribution in [1.82, 2.24) is 16.0 Å². The molecule has 3 rings (SSSR count). The summed E-state index contributed by atoms with van der Waals surface area (Å²) in [4.78, 5) is 64.7. The quantitative estimate of drug-likeness (QED) is 0.0713. The Balaban J connectivity index is 1.83. The van der Waals surface area contributed by atoms with Crippen molar-refractivity contribution in [1.29, 1.82) is 0 Å². The molecule has 3 aromatic carbocycles. The van der Waals surface area contributed by atoms with Crippen LogP contribution in [0.2, 0.25) is 0 Å². The molecule has 3 aromatic rings. The summed E-state index contributed by atoms with van der Waals surface area (Å²) >= 11 is 0. The Bertz CT molecular complexity index is 1590. The number of rotatable bonds is 22. The van der Waals surface area contributed by atoms with Crippen LogP contribution in [0.25, 0.3) is 10.8 Å². The number of carbonyl (C=O) groups is 5. The Kier molecular flexibility index (Phi) is 15.8. The summed E-state index contributed by atoms with van der Waals surface area (Å²) in [5.41, 5.74) is 18.4. The van der Waals surface area contributed by atoms with Crippen LogP contribution in [0.4, 0.5) is 0 Å². The molecular weight excluding hydrogens is 640 g/mol. The van der Waals surface area contributed by atoms with E-state index in [1.807, 2.05) is 42.5 Å². The highest BCUT2D eigenvalue weighted by molar-refractivity contribution is 5.95. The summed E-state index contributed by atoms with van der Waals surface area (Å²) in [6.45, 7) is 0.775. The summed E-state index contributed by atoms with van der Waals surface area (Å²) in [7, 11) is 0.